The van der Waals surface area contributed by atoms with Crippen LogP contribution in [0, 0.1) is 0 Å². The van der Waals surface area contributed by atoms with Crippen molar-refractivity contribution in [3.8, 4) is 0 Å². The molecule has 2 rings (SSSR count). The van der Waals surface area contributed by atoms with Gasteiger partial charge in [0.15, 0.2) is 0 Å². The molecule has 0 aliphatic heterocycles. The molecule has 1 unspecified atom stereocenters. The van der Waals surface area contributed by atoms with Crippen LogP contribution in [0.25, 0.3) is 0 Å². The van der Waals surface area contributed by atoms with Gasteiger partial charge >= 0.3 is 0 Å². The summed E-state index contributed by atoms with van der Waals surface area (Å²) in [6.07, 6.45) is 3.50. The average molecular weight is 190 g/mol. The minimum absolute atomic E-state index is 0.622. The molecule has 0 fully saturated rings. The number of fused-ring (bicyclic) bond motifs is 1. The van der Waals surface area contributed by atoms with Crippen LogP contribution >= 0.6 is 0 Å². The summed E-state index contributed by atoms with van der Waals surface area (Å²) < 4.78 is 0. The summed E-state index contributed by atoms with van der Waals surface area (Å²) in [5, 5.41) is 3.50. The molecule has 14 heavy (non-hydrogen) atoms. The van der Waals surface area contributed by atoms with Crippen molar-refractivity contribution in [3.63, 3.8) is 0 Å². The number of nitrogens with two attached hydrogens (primary N) is 1. The Bertz CT molecular complexity index is 320. The number of nitrogens with one attached hydrogen (secondary N) is 1. The van der Waals surface area contributed by atoms with Gasteiger partial charge in [0.05, 0.1) is 0 Å². The fraction of sp³-hybridized carbons (Fsp3) is 0.500. The highest BCUT2D eigenvalue weighted by atomic mass is 14.9. The number of rotatable bonds is 2. The fourth-order valence-electron chi connectivity index (χ4n) is 2.28. The second kappa shape index (κ2) is 4.01. The lowest BCUT2D eigenvalue weighted by atomic mass is 9.87. The molecule has 1 aromatic carbocycles. The van der Waals surface area contributed by atoms with Gasteiger partial charge in [0, 0.05) is 11.7 Å². The molecule has 76 valence electrons. The quantitative estimate of drug-likeness (QED) is 0.697. The zero-order chi connectivity index (χ0) is 9.97. The lowest BCUT2D eigenvalue weighted by Crippen LogP contribution is -2.34. The predicted molar refractivity (Wildman–Crippen MR) is 60.3 cm³/mol. The number of aryl methyl sites for hydroxylation is 1. The topological polar surface area (TPSA) is 38.0 Å². The number of anilines is 1. The Morgan fingerprint density at radius 2 is 2.36 bits per heavy atom. The van der Waals surface area contributed by atoms with Gasteiger partial charge in [-0.25, -0.2) is 0 Å². The molecule has 0 radical (unpaired) electrons. The number of hydrogen-bond donors (Lipinski definition) is 2. The van der Waals surface area contributed by atoms with Crippen LogP contribution < -0.4 is 11.1 Å². The lowest BCUT2D eigenvalue weighted by molar-refractivity contribution is 0.471. The number of benzene rings is 1. The second-order valence-corrected chi connectivity index (χ2v) is 3.98. The summed E-state index contributed by atoms with van der Waals surface area (Å²) in [6.45, 7) is 3.20. The highest BCUT2D eigenvalue weighted by molar-refractivity contribution is 5.52. The number of hydrogen-bond acceptors (Lipinski definition) is 2. The summed E-state index contributed by atoms with van der Waals surface area (Å²) in [7, 11) is 0. The van der Waals surface area contributed by atoms with Gasteiger partial charge in [-0.2, -0.15) is 0 Å². The molecule has 0 amide bonds. The van der Waals surface area contributed by atoms with Gasteiger partial charge in [0.2, 0.25) is 0 Å². The van der Waals surface area contributed by atoms with E-state index < -0.39 is 0 Å². The van der Waals surface area contributed by atoms with E-state index in [4.69, 9.17) is 5.73 Å². The summed E-state index contributed by atoms with van der Waals surface area (Å²) >= 11 is 0. The number of nitrogen functional groups attached to an aromatic ring is 1. The molecule has 0 bridgehead atoms. The largest absolute Gasteiger partial charge is 0.398 e. The van der Waals surface area contributed by atoms with Crippen molar-refractivity contribution < 1.29 is 0 Å². The van der Waals surface area contributed by atoms with Crippen LogP contribution in [0.5, 0.6) is 0 Å². The van der Waals surface area contributed by atoms with Crippen molar-refractivity contribution >= 4 is 5.69 Å². The van der Waals surface area contributed by atoms with E-state index in [0.717, 1.165) is 25.1 Å². The van der Waals surface area contributed by atoms with E-state index in [1.165, 1.54) is 17.5 Å². The number of likely N-dealkylation sites (N-methyl/N-ethyl adjacent to an activating group) is 1. The van der Waals surface area contributed by atoms with E-state index in [0.29, 0.717) is 6.04 Å². The monoisotopic (exact) mass is 190 g/mol. The molecule has 0 spiro atoms. The van der Waals surface area contributed by atoms with E-state index in [1.54, 1.807) is 0 Å². The summed E-state index contributed by atoms with van der Waals surface area (Å²) in [4.78, 5) is 0. The molecule has 3 N–H and O–H groups in total. The summed E-state index contributed by atoms with van der Waals surface area (Å²) in [5.41, 5.74) is 9.74. The molecule has 0 heterocycles. The van der Waals surface area contributed by atoms with Gasteiger partial charge < -0.3 is 11.1 Å². The van der Waals surface area contributed by atoms with Crippen LogP contribution in [0.1, 0.15) is 24.5 Å². The van der Waals surface area contributed by atoms with Gasteiger partial charge in [-0.1, -0.05) is 19.1 Å². The van der Waals surface area contributed by atoms with Crippen molar-refractivity contribution in [1.82, 2.24) is 5.32 Å². The minimum Gasteiger partial charge on any atom is -0.398 e. The van der Waals surface area contributed by atoms with Crippen molar-refractivity contribution in [2.75, 3.05) is 12.3 Å². The first-order valence-corrected chi connectivity index (χ1v) is 5.41. The van der Waals surface area contributed by atoms with Crippen molar-refractivity contribution in [1.29, 1.82) is 0 Å². The van der Waals surface area contributed by atoms with Gasteiger partial charge in [0.1, 0.15) is 0 Å². The van der Waals surface area contributed by atoms with E-state index in [1.807, 2.05) is 6.07 Å². The van der Waals surface area contributed by atoms with Gasteiger partial charge in [-0.3, -0.25) is 0 Å². The molecule has 1 aliphatic rings. The molecular formula is C12H18N2. The maximum atomic E-state index is 5.97. The molecule has 1 aromatic rings. The Morgan fingerprint density at radius 1 is 1.50 bits per heavy atom. The SMILES string of the molecule is CCNC1CCc2cccc(N)c2C1. The third kappa shape index (κ3) is 1.75. The van der Waals surface area contributed by atoms with Crippen LogP contribution in [0.4, 0.5) is 5.69 Å². The maximum Gasteiger partial charge on any atom is 0.0349 e. The molecule has 2 heteroatoms. The minimum atomic E-state index is 0.622. The first-order valence-electron chi connectivity index (χ1n) is 5.41. The van der Waals surface area contributed by atoms with Crippen LogP contribution in [0.3, 0.4) is 0 Å². The van der Waals surface area contributed by atoms with Crippen LogP contribution in [0.15, 0.2) is 18.2 Å². The molecule has 0 saturated carbocycles. The maximum absolute atomic E-state index is 5.97. The molecule has 0 saturated heterocycles. The van der Waals surface area contributed by atoms with E-state index in [-0.39, 0.29) is 0 Å². The summed E-state index contributed by atoms with van der Waals surface area (Å²) in [6, 6.07) is 6.89. The van der Waals surface area contributed by atoms with Crippen molar-refractivity contribution in [2.24, 2.45) is 0 Å². The third-order valence-electron chi connectivity index (χ3n) is 3.01. The van der Waals surface area contributed by atoms with E-state index in [9.17, 15) is 0 Å². The van der Waals surface area contributed by atoms with Crippen molar-refractivity contribution in [3.05, 3.63) is 29.3 Å². The molecule has 0 aromatic heterocycles. The molecule has 1 aliphatic carbocycles. The zero-order valence-electron chi connectivity index (χ0n) is 8.72. The Kier molecular flexibility index (Phi) is 2.73. The van der Waals surface area contributed by atoms with Crippen LogP contribution in [-0.2, 0) is 12.8 Å². The van der Waals surface area contributed by atoms with Crippen molar-refractivity contribution in [2.45, 2.75) is 32.2 Å². The third-order valence-corrected chi connectivity index (χ3v) is 3.01. The Hall–Kier alpha value is -1.02. The summed E-state index contributed by atoms with van der Waals surface area (Å²) in [5.74, 6) is 0. The first-order chi connectivity index (χ1) is 6.81. The van der Waals surface area contributed by atoms with Gasteiger partial charge in [-0.05, 0) is 43.0 Å². The molecule has 2 nitrogen and oxygen atoms in total. The zero-order valence-corrected chi connectivity index (χ0v) is 8.72. The fourth-order valence-corrected chi connectivity index (χ4v) is 2.28. The Morgan fingerprint density at radius 3 is 3.14 bits per heavy atom. The van der Waals surface area contributed by atoms with Crippen LogP contribution in [0.2, 0.25) is 0 Å². The molecular weight excluding hydrogens is 172 g/mol. The second-order valence-electron chi connectivity index (χ2n) is 3.98. The van der Waals surface area contributed by atoms with E-state index >= 15 is 0 Å². The van der Waals surface area contributed by atoms with E-state index in [2.05, 4.69) is 24.4 Å². The highest BCUT2D eigenvalue weighted by Gasteiger charge is 2.18. The lowest BCUT2D eigenvalue weighted by Gasteiger charge is -2.26. The average Bonchev–Trinajstić information content (AvgIpc) is 2.20. The smallest absolute Gasteiger partial charge is 0.0349 e. The molecule has 1 atom stereocenters. The Labute approximate surface area is 85.5 Å². The Balaban J connectivity index is 2.20. The van der Waals surface area contributed by atoms with Gasteiger partial charge in [-0.15, -0.1) is 0 Å². The van der Waals surface area contributed by atoms with Crippen LogP contribution in [-0.4, -0.2) is 12.6 Å². The normalized spacial score (nSPS) is 20.5. The predicted octanol–water partition coefficient (Wildman–Crippen LogP) is 1.74. The standard InChI is InChI=1S/C12H18N2/c1-2-14-10-7-6-9-4-3-5-12(13)11(9)8-10/h3-5,10,14H,2,6-8,13H2,1H3. The van der Waals surface area contributed by atoms with Gasteiger partial charge in [0.25, 0.3) is 0 Å². The first kappa shape index (κ1) is 9.53. The highest BCUT2D eigenvalue weighted by Crippen LogP contribution is 2.25.